The van der Waals surface area contributed by atoms with Gasteiger partial charge in [0.25, 0.3) is 0 Å². The van der Waals surface area contributed by atoms with Gasteiger partial charge >= 0.3 is 0 Å². The fourth-order valence-corrected chi connectivity index (χ4v) is 2.59. The van der Waals surface area contributed by atoms with E-state index >= 15 is 0 Å². The first-order valence-corrected chi connectivity index (χ1v) is 6.72. The number of rotatable bonds is 4. The minimum absolute atomic E-state index is 0.147. The molecule has 1 atom stereocenters. The van der Waals surface area contributed by atoms with Crippen LogP contribution in [0.4, 0.5) is 5.69 Å². The Morgan fingerprint density at radius 1 is 1.41 bits per heavy atom. The Bertz CT molecular complexity index is 482. The Kier molecular flexibility index (Phi) is 4.05. The lowest BCUT2D eigenvalue weighted by Crippen LogP contribution is -2.19. The lowest BCUT2D eigenvalue weighted by atomic mass is 10.2. The quantitative estimate of drug-likeness (QED) is 0.883. The SMILES string of the molecule is Cc1ccc(NC(CN)c2cccs2)cc1Cl. The predicted octanol–water partition coefficient (Wildman–Crippen LogP) is 3.82. The smallest absolute Gasteiger partial charge is 0.0728 e. The number of nitrogens with two attached hydrogens (primary N) is 1. The Labute approximate surface area is 110 Å². The molecule has 0 aliphatic heterocycles. The fraction of sp³-hybridized carbons (Fsp3) is 0.231. The highest BCUT2D eigenvalue weighted by Gasteiger charge is 2.10. The number of nitrogens with one attached hydrogen (secondary N) is 1. The highest BCUT2D eigenvalue weighted by molar-refractivity contribution is 7.10. The number of halogens is 1. The van der Waals surface area contributed by atoms with Gasteiger partial charge in [0.05, 0.1) is 6.04 Å². The number of hydrogen-bond acceptors (Lipinski definition) is 3. The summed E-state index contributed by atoms with van der Waals surface area (Å²) in [6.07, 6.45) is 0. The predicted molar refractivity (Wildman–Crippen MR) is 75.9 cm³/mol. The van der Waals surface area contributed by atoms with Crippen LogP contribution in [0.1, 0.15) is 16.5 Å². The molecule has 1 aromatic heterocycles. The van der Waals surface area contributed by atoms with Gasteiger partial charge in [-0.05, 0) is 36.1 Å². The zero-order valence-electron chi connectivity index (χ0n) is 9.61. The molecule has 90 valence electrons. The summed E-state index contributed by atoms with van der Waals surface area (Å²) >= 11 is 7.80. The molecule has 3 N–H and O–H groups in total. The van der Waals surface area contributed by atoms with Gasteiger partial charge in [0.1, 0.15) is 0 Å². The van der Waals surface area contributed by atoms with E-state index in [0.29, 0.717) is 6.54 Å². The molecule has 2 nitrogen and oxygen atoms in total. The maximum Gasteiger partial charge on any atom is 0.0728 e. The summed E-state index contributed by atoms with van der Waals surface area (Å²) in [6.45, 7) is 2.55. The summed E-state index contributed by atoms with van der Waals surface area (Å²) in [7, 11) is 0. The molecule has 1 heterocycles. The first-order valence-electron chi connectivity index (χ1n) is 5.47. The second kappa shape index (κ2) is 5.54. The molecule has 0 spiro atoms. The molecule has 0 aliphatic carbocycles. The summed E-state index contributed by atoms with van der Waals surface area (Å²) in [5.74, 6) is 0. The van der Waals surface area contributed by atoms with Gasteiger partial charge < -0.3 is 11.1 Å². The molecular weight excluding hydrogens is 252 g/mol. The van der Waals surface area contributed by atoms with Crippen molar-refractivity contribution in [2.24, 2.45) is 5.73 Å². The first-order chi connectivity index (χ1) is 8.20. The molecule has 0 amide bonds. The van der Waals surface area contributed by atoms with Gasteiger partial charge in [0.15, 0.2) is 0 Å². The van der Waals surface area contributed by atoms with E-state index in [0.717, 1.165) is 16.3 Å². The van der Waals surface area contributed by atoms with Crippen molar-refractivity contribution in [3.8, 4) is 0 Å². The Hall–Kier alpha value is -1.03. The zero-order chi connectivity index (χ0) is 12.3. The van der Waals surface area contributed by atoms with Crippen LogP contribution in [0.15, 0.2) is 35.7 Å². The van der Waals surface area contributed by atoms with Gasteiger partial charge in [-0.2, -0.15) is 0 Å². The van der Waals surface area contributed by atoms with Crippen LogP contribution in [0.25, 0.3) is 0 Å². The molecule has 2 rings (SSSR count). The van der Waals surface area contributed by atoms with Gasteiger partial charge in [-0.1, -0.05) is 23.7 Å². The van der Waals surface area contributed by atoms with Crippen molar-refractivity contribution in [3.63, 3.8) is 0 Å². The van der Waals surface area contributed by atoms with Gasteiger partial charge in [0.2, 0.25) is 0 Å². The number of benzene rings is 1. The topological polar surface area (TPSA) is 38.0 Å². The maximum absolute atomic E-state index is 6.10. The second-order valence-corrected chi connectivity index (χ2v) is 5.30. The fourth-order valence-electron chi connectivity index (χ4n) is 1.62. The molecule has 0 aliphatic rings. The maximum atomic E-state index is 6.10. The van der Waals surface area contributed by atoms with Crippen molar-refractivity contribution in [2.45, 2.75) is 13.0 Å². The molecule has 0 bridgehead atoms. The van der Waals surface area contributed by atoms with Gasteiger partial charge in [-0.15, -0.1) is 11.3 Å². The van der Waals surface area contributed by atoms with Crippen molar-refractivity contribution in [3.05, 3.63) is 51.2 Å². The third-order valence-corrected chi connectivity index (χ3v) is 4.03. The van der Waals surface area contributed by atoms with Crippen LogP contribution in [0.3, 0.4) is 0 Å². The van der Waals surface area contributed by atoms with E-state index in [1.54, 1.807) is 11.3 Å². The molecule has 1 unspecified atom stereocenters. The average Bonchev–Trinajstić information content (AvgIpc) is 2.84. The van der Waals surface area contributed by atoms with Crippen LogP contribution in [0.5, 0.6) is 0 Å². The van der Waals surface area contributed by atoms with Crippen LogP contribution in [0.2, 0.25) is 5.02 Å². The summed E-state index contributed by atoms with van der Waals surface area (Å²) in [4.78, 5) is 1.24. The molecule has 17 heavy (non-hydrogen) atoms. The van der Waals surface area contributed by atoms with Crippen molar-refractivity contribution < 1.29 is 0 Å². The van der Waals surface area contributed by atoms with Crippen LogP contribution < -0.4 is 11.1 Å². The normalized spacial score (nSPS) is 12.4. The Balaban J connectivity index is 2.16. The number of hydrogen-bond donors (Lipinski definition) is 2. The Morgan fingerprint density at radius 2 is 2.24 bits per heavy atom. The van der Waals surface area contributed by atoms with E-state index in [-0.39, 0.29) is 6.04 Å². The number of thiophene rings is 1. The first kappa shape index (κ1) is 12.4. The highest BCUT2D eigenvalue weighted by Crippen LogP contribution is 2.25. The van der Waals surface area contributed by atoms with E-state index in [2.05, 4.69) is 16.8 Å². The summed E-state index contributed by atoms with van der Waals surface area (Å²) < 4.78 is 0. The van der Waals surface area contributed by atoms with E-state index in [1.807, 2.05) is 31.2 Å². The van der Waals surface area contributed by atoms with E-state index < -0.39 is 0 Å². The van der Waals surface area contributed by atoms with E-state index in [9.17, 15) is 0 Å². The van der Waals surface area contributed by atoms with Gasteiger partial charge in [-0.3, -0.25) is 0 Å². The zero-order valence-corrected chi connectivity index (χ0v) is 11.2. The summed E-state index contributed by atoms with van der Waals surface area (Å²) in [6, 6.07) is 10.2. The molecule has 2 aromatic rings. The molecule has 0 saturated heterocycles. The molecule has 4 heteroatoms. The molecule has 0 saturated carbocycles. The lowest BCUT2D eigenvalue weighted by molar-refractivity contribution is 0.806. The second-order valence-electron chi connectivity index (χ2n) is 3.91. The minimum Gasteiger partial charge on any atom is -0.376 e. The summed E-state index contributed by atoms with van der Waals surface area (Å²) in [5.41, 5.74) is 7.88. The molecule has 0 radical (unpaired) electrons. The van der Waals surface area contributed by atoms with Crippen molar-refractivity contribution in [1.82, 2.24) is 0 Å². The standard InChI is InChI=1S/C13H15ClN2S/c1-9-4-5-10(7-11(9)14)16-12(8-15)13-3-2-6-17-13/h2-7,12,16H,8,15H2,1H3. The minimum atomic E-state index is 0.147. The van der Waals surface area contributed by atoms with Crippen molar-refractivity contribution in [1.29, 1.82) is 0 Å². The lowest BCUT2D eigenvalue weighted by Gasteiger charge is -2.17. The molecular formula is C13H15ClN2S. The van der Waals surface area contributed by atoms with Gasteiger partial charge in [0, 0.05) is 22.1 Å². The third kappa shape index (κ3) is 3.00. The summed E-state index contributed by atoms with van der Waals surface area (Å²) in [5, 5.41) is 6.23. The number of anilines is 1. The Morgan fingerprint density at radius 3 is 2.82 bits per heavy atom. The van der Waals surface area contributed by atoms with Crippen LogP contribution in [-0.2, 0) is 0 Å². The highest BCUT2D eigenvalue weighted by atomic mass is 35.5. The monoisotopic (exact) mass is 266 g/mol. The molecule has 0 fully saturated rings. The number of aryl methyl sites for hydroxylation is 1. The van der Waals surface area contributed by atoms with Crippen LogP contribution >= 0.6 is 22.9 Å². The third-order valence-electron chi connectivity index (χ3n) is 2.64. The van der Waals surface area contributed by atoms with Crippen LogP contribution in [0, 0.1) is 6.92 Å². The van der Waals surface area contributed by atoms with Gasteiger partial charge in [-0.25, -0.2) is 0 Å². The van der Waals surface area contributed by atoms with E-state index in [4.69, 9.17) is 17.3 Å². The van der Waals surface area contributed by atoms with Crippen molar-refractivity contribution in [2.75, 3.05) is 11.9 Å². The van der Waals surface area contributed by atoms with E-state index in [1.165, 1.54) is 4.88 Å². The average molecular weight is 267 g/mol. The van der Waals surface area contributed by atoms with Crippen LogP contribution in [-0.4, -0.2) is 6.54 Å². The van der Waals surface area contributed by atoms with Crippen molar-refractivity contribution >= 4 is 28.6 Å². The largest absolute Gasteiger partial charge is 0.376 e. The molecule has 1 aromatic carbocycles.